The van der Waals surface area contributed by atoms with Gasteiger partial charge in [0.2, 0.25) is 11.9 Å². The van der Waals surface area contributed by atoms with E-state index in [1.54, 1.807) is 0 Å². The summed E-state index contributed by atoms with van der Waals surface area (Å²) in [7, 11) is 0. The van der Waals surface area contributed by atoms with Gasteiger partial charge in [0, 0.05) is 68.5 Å². The standard InChI is InChI=1S/C25H31N9O/c1-15-12-32(9-8-26-15)21-7-4-17(10-27-21)22-23-20(30-31-22)11-28-25(29-23)34-18-5-6-19(34)14-33(13-18)24(35)16-2-3-16/h4,7,10-11,15-16,18-19,26H,2-3,5-6,8-9,12-14H2,1H3,(H,30,31)/t15-,18?,19?/m1/s1. The Labute approximate surface area is 204 Å². The molecule has 3 aromatic rings. The molecule has 2 unspecified atom stereocenters. The van der Waals surface area contributed by atoms with Crippen molar-refractivity contribution in [3.63, 3.8) is 0 Å². The van der Waals surface area contributed by atoms with Crippen LogP contribution >= 0.6 is 0 Å². The molecule has 2 N–H and O–H groups in total. The third kappa shape index (κ3) is 3.71. The summed E-state index contributed by atoms with van der Waals surface area (Å²) in [5, 5.41) is 11.1. The Balaban J connectivity index is 1.15. The Hall–Kier alpha value is -3.27. The average Bonchev–Trinajstić information content (AvgIpc) is 3.60. The van der Waals surface area contributed by atoms with E-state index in [0.717, 1.165) is 92.5 Å². The molecule has 1 aliphatic carbocycles. The summed E-state index contributed by atoms with van der Waals surface area (Å²) in [5.41, 5.74) is 3.37. The van der Waals surface area contributed by atoms with E-state index in [9.17, 15) is 4.79 Å². The number of carbonyl (C=O) groups is 1. The molecule has 0 spiro atoms. The number of nitrogens with zero attached hydrogens (tertiary/aromatic N) is 7. The van der Waals surface area contributed by atoms with Gasteiger partial charge in [0.05, 0.1) is 6.20 Å². The molecule has 1 amide bonds. The molecule has 6 heterocycles. The number of carbonyl (C=O) groups excluding carboxylic acids is 1. The third-order valence-corrected chi connectivity index (χ3v) is 7.95. The highest BCUT2D eigenvalue weighted by molar-refractivity contribution is 5.89. The molecular weight excluding hydrogens is 442 g/mol. The SMILES string of the molecule is C[C@@H]1CN(c2ccc(-c3n[nH]c4cnc(N5C6CCC5CN(C(=O)C5CC5)C6)nc34)cn2)CCN1. The van der Waals surface area contributed by atoms with Crippen LogP contribution in [0.15, 0.2) is 24.5 Å². The van der Waals surface area contributed by atoms with Crippen molar-refractivity contribution in [1.82, 2.24) is 35.4 Å². The topological polar surface area (TPSA) is 106 Å². The molecule has 35 heavy (non-hydrogen) atoms. The minimum Gasteiger partial charge on any atom is -0.354 e. The van der Waals surface area contributed by atoms with Crippen LogP contribution in [0.25, 0.3) is 22.3 Å². The van der Waals surface area contributed by atoms with Gasteiger partial charge >= 0.3 is 0 Å². The molecule has 10 nitrogen and oxygen atoms in total. The van der Waals surface area contributed by atoms with Gasteiger partial charge in [-0.15, -0.1) is 0 Å². The first kappa shape index (κ1) is 21.0. The van der Waals surface area contributed by atoms with Crippen molar-refractivity contribution < 1.29 is 4.79 Å². The van der Waals surface area contributed by atoms with Crippen LogP contribution < -0.4 is 15.1 Å². The normalized spacial score (nSPS) is 26.5. The van der Waals surface area contributed by atoms with Crippen LogP contribution in [0, 0.1) is 5.92 Å². The maximum atomic E-state index is 12.7. The predicted molar refractivity (Wildman–Crippen MR) is 133 cm³/mol. The number of likely N-dealkylation sites (tertiary alicyclic amines) is 1. The van der Waals surface area contributed by atoms with Gasteiger partial charge in [0.1, 0.15) is 22.5 Å². The van der Waals surface area contributed by atoms with E-state index in [4.69, 9.17) is 15.0 Å². The molecule has 3 aromatic heterocycles. The fourth-order valence-corrected chi connectivity index (χ4v) is 5.98. The molecule has 4 aliphatic rings. The maximum Gasteiger partial charge on any atom is 0.226 e. The van der Waals surface area contributed by atoms with E-state index >= 15 is 0 Å². The zero-order valence-electron chi connectivity index (χ0n) is 20.0. The predicted octanol–water partition coefficient (Wildman–Crippen LogP) is 1.80. The fraction of sp³-hybridized carbons (Fsp3) is 0.560. The van der Waals surface area contributed by atoms with Crippen LogP contribution in [0.1, 0.15) is 32.6 Å². The first-order chi connectivity index (χ1) is 17.1. The van der Waals surface area contributed by atoms with E-state index in [2.05, 4.69) is 49.3 Å². The molecular formula is C25H31N9O. The van der Waals surface area contributed by atoms with Gasteiger partial charge in [-0.2, -0.15) is 5.10 Å². The number of pyridine rings is 1. The zero-order valence-corrected chi connectivity index (χ0v) is 20.0. The fourth-order valence-electron chi connectivity index (χ4n) is 5.98. The number of amides is 1. The Bertz CT molecular complexity index is 1240. The van der Waals surface area contributed by atoms with Crippen LogP contribution in [-0.2, 0) is 4.79 Å². The van der Waals surface area contributed by atoms with E-state index in [0.29, 0.717) is 11.9 Å². The summed E-state index contributed by atoms with van der Waals surface area (Å²) < 4.78 is 0. The van der Waals surface area contributed by atoms with Gasteiger partial charge in [-0.3, -0.25) is 9.89 Å². The summed E-state index contributed by atoms with van der Waals surface area (Å²) in [6.07, 6.45) is 8.00. The number of H-pyrrole nitrogens is 1. The van der Waals surface area contributed by atoms with E-state index in [1.165, 1.54) is 0 Å². The van der Waals surface area contributed by atoms with Gasteiger partial charge in [0.25, 0.3) is 0 Å². The molecule has 182 valence electrons. The lowest BCUT2D eigenvalue weighted by Crippen LogP contribution is -2.56. The molecule has 3 aliphatic heterocycles. The van der Waals surface area contributed by atoms with Gasteiger partial charge < -0.3 is 20.0 Å². The van der Waals surface area contributed by atoms with Crippen molar-refractivity contribution in [2.75, 3.05) is 42.5 Å². The van der Waals surface area contributed by atoms with Gasteiger partial charge in [-0.05, 0) is 44.7 Å². The Morgan fingerprint density at radius 1 is 1.03 bits per heavy atom. The highest BCUT2D eigenvalue weighted by Crippen LogP contribution is 2.37. The summed E-state index contributed by atoms with van der Waals surface area (Å²) in [5.74, 6) is 2.36. The van der Waals surface area contributed by atoms with Crippen molar-refractivity contribution in [3.8, 4) is 11.3 Å². The first-order valence-corrected chi connectivity index (χ1v) is 12.9. The summed E-state index contributed by atoms with van der Waals surface area (Å²) >= 11 is 0. The lowest BCUT2D eigenvalue weighted by atomic mass is 10.1. The maximum absolute atomic E-state index is 12.7. The van der Waals surface area contributed by atoms with Crippen molar-refractivity contribution in [2.45, 2.75) is 50.7 Å². The van der Waals surface area contributed by atoms with Crippen LogP contribution in [0.2, 0.25) is 0 Å². The summed E-state index contributed by atoms with van der Waals surface area (Å²) in [6.45, 7) is 6.64. The summed E-state index contributed by atoms with van der Waals surface area (Å²) in [4.78, 5) is 33.8. The van der Waals surface area contributed by atoms with Crippen molar-refractivity contribution in [2.24, 2.45) is 5.92 Å². The minimum absolute atomic E-state index is 0.275. The Morgan fingerprint density at radius 3 is 2.57 bits per heavy atom. The number of nitrogens with one attached hydrogen (secondary N) is 2. The first-order valence-electron chi connectivity index (χ1n) is 12.9. The number of rotatable bonds is 4. The summed E-state index contributed by atoms with van der Waals surface area (Å²) in [6, 6.07) is 5.18. The zero-order chi connectivity index (χ0) is 23.5. The molecule has 7 rings (SSSR count). The second-order valence-corrected chi connectivity index (χ2v) is 10.5. The van der Waals surface area contributed by atoms with Crippen molar-refractivity contribution in [1.29, 1.82) is 0 Å². The van der Waals surface area contributed by atoms with Crippen LogP contribution in [0.3, 0.4) is 0 Å². The largest absolute Gasteiger partial charge is 0.354 e. The van der Waals surface area contributed by atoms with E-state index in [1.807, 2.05) is 12.4 Å². The number of aromatic nitrogens is 5. The minimum atomic E-state index is 0.275. The molecule has 0 aromatic carbocycles. The molecule has 2 bridgehead atoms. The quantitative estimate of drug-likeness (QED) is 0.591. The molecule has 3 atom stereocenters. The number of hydrogen-bond acceptors (Lipinski definition) is 8. The van der Waals surface area contributed by atoms with Crippen LogP contribution in [0.5, 0.6) is 0 Å². The number of fused-ring (bicyclic) bond motifs is 3. The second kappa shape index (κ2) is 8.15. The number of aromatic amines is 1. The second-order valence-electron chi connectivity index (χ2n) is 10.5. The lowest BCUT2D eigenvalue weighted by molar-refractivity contribution is -0.133. The average molecular weight is 474 g/mol. The van der Waals surface area contributed by atoms with Crippen LogP contribution in [0.4, 0.5) is 11.8 Å². The number of anilines is 2. The highest BCUT2D eigenvalue weighted by Gasteiger charge is 2.45. The van der Waals surface area contributed by atoms with Crippen molar-refractivity contribution in [3.05, 3.63) is 24.5 Å². The van der Waals surface area contributed by atoms with Crippen LogP contribution in [-0.4, -0.2) is 86.8 Å². The molecule has 1 saturated carbocycles. The number of piperazine rings is 2. The van der Waals surface area contributed by atoms with E-state index < -0.39 is 0 Å². The van der Waals surface area contributed by atoms with Crippen molar-refractivity contribution >= 4 is 28.7 Å². The molecule has 3 saturated heterocycles. The third-order valence-electron chi connectivity index (χ3n) is 7.95. The molecule has 0 radical (unpaired) electrons. The van der Waals surface area contributed by atoms with Gasteiger partial charge in [-0.1, -0.05) is 0 Å². The molecule has 4 fully saturated rings. The Morgan fingerprint density at radius 2 is 1.86 bits per heavy atom. The smallest absolute Gasteiger partial charge is 0.226 e. The number of hydrogen-bond donors (Lipinski definition) is 2. The van der Waals surface area contributed by atoms with E-state index in [-0.39, 0.29) is 18.0 Å². The lowest BCUT2D eigenvalue weighted by Gasteiger charge is -2.41. The van der Waals surface area contributed by atoms with Gasteiger partial charge in [0.15, 0.2) is 0 Å². The monoisotopic (exact) mass is 473 g/mol. The molecule has 10 heteroatoms. The highest BCUT2D eigenvalue weighted by atomic mass is 16.2. The Kier molecular flexibility index (Phi) is 4.90. The van der Waals surface area contributed by atoms with Gasteiger partial charge in [-0.25, -0.2) is 15.0 Å².